The monoisotopic (exact) mass is 304 g/mol. The third kappa shape index (κ3) is 3.17. The maximum absolute atomic E-state index is 11.7. The molecule has 21 heavy (non-hydrogen) atoms. The fraction of sp³-hybridized carbons (Fsp3) is 0.267. The van der Waals surface area contributed by atoms with Crippen LogP contribution < -0.4 is 0 Å². The van der Waals surface area contributed by atoms with Crippen molar-refractivity contribution in [3.8, 4) is 0 Å². The van der Waals surface area contributed by atoms with Gasteiger partial charge in [-0.3, -0.25) is 0 Å². The van der Waals surface area contributed by atoms with Crippen molar-refractivity contribution < 1.29 is 14.3 Å². The Bertz CT molecular complexity index is 698. The number of aryl methyl sites for hydroxylation is 1. The van der Waals surface area contributed by atoms with Crippen LogP contribution in [0.5, 0.6) is 0 Å². The van der Waals surface area contributed by atoms with E-state index in [9.17, 15) is 4.79 Å². The number of carbonyl (C=O) groups is 1. The van der Waals surface area contributed by atoms with Crippen LogP contribution in [0, 0.1) is 11.6 Å². The first-order chi connectivity index (χ1) is 10.1. The number of carbonyl (C=O) groups excluding carboxylic acids is 1. The quantitative estimate of drug-likeness (QED) is 0.695. The summed E-state index contributed by atoms with van der Waals surface area (Å²) in [6, 6.07) is 9.65. The highest BCUT2D eigenvalue weighted by atomic mass is 32.1. The zero-order valence-electron chi connectivity index (χ0n) is 12.0. The third-order valence-electron chi connectivity index (χ3n) is 3.10. The molecule has 0 saturated carbocycles. The molecule has 0 amide bonds. The molecular weight excluding hydrogens is 288 g/mol. The summed E-state index contributed by atoms with van der Waals surface area (Å²) in [5, 5.41) is 0. The van der Waals surface area contributed by atoms with Crippen molar-refractivity contribution in [2.45, 2.75) is 13.0 Å². The van der Waals surface area contributed by atoms with Crippen LogP contribution in [0.25, 0.3) is 0 Å². The smallest absolute Gasteiger partial charge is 0.342 e. The Kier molecular flexibility index (Phi) is 4.82. The predicted molar refractivity (Wildman–Crippen MR) is 80.8 cm³/mol. The summed E-state index contributed by atoms with van der Waals surface area (Å²) in [4.78, 5) is 19.1. The van der Waals surface area contributed by atoms with E-state index in [1.807, 2.05) is 30.3 Å². The lowest BCUT2D eigenvalue weighted by Crippen LogP contribution is -2.14. The summed E-state index contributed by atoms with van der Waals surface area (Å²) in [6.45, 7) is 1.75. The van der Waals surface area contributed by atoms with Gasteiger partial charge in [-0.1, -0.05) is 42.5 Å². The largest absolute Gasteiger partial charge is 0.465 e. The van der Waals surface area contributed by atoms with Crippen molar-refractivity contribution in [3.63, 3.8) is 0 Å². The fourth-order valence-electron chi connectivity index (χ4n) is 2.11. The van der Waals surface area contributed by atoms with Gasteiger partial charge in [-0.15, -0.1) is 0 Å². The van der Waals surface area contributed by atoms with Crippen LogP contribution in [0.4, 0.5) is 0 Å². The minimum absolute atomic E-state index is 0.200. The molecule has 110 valence electrons. The van der Waals surface area contributed by atoms with Gasteiger partial charge in [0.1, 0.15) is 22.1 Å². The molecule has 0 radical (unpaired) electrons. The number of nitrogens with one attached hydrogen (secondary N) is 1. The lowest BCUT2D eigenvalue weighted by Gasteiger charge is -2.16. The number of nitrogens with zero attached hydrogens (tertiary/aromatic N) is 1. The summed E-state index contributed by atoms with van der Waals surface area (Å²) >= 11 is 5.20. The number of benzene rings is 1. The van der Waals surface area contributed by atoms with E-state index in [1.54, 1.807) is 14.0 Å². The Morgan fingerprint density at radius 1 is 1.29 bits per heavy atom. The van der Waals surface area contributed by atoms with Gasteiger partial charge in [0.25, 0.3) is 0 Å². The first-order valence-corrected chi connectivity index (χ1v) is 6.76. The Labute approximate surface area is 127 Å². The number of H-pyrrole nitrogens is 1. The molecule has 0 aliphatic rings. The van der Waals surface area contributed by atoms with Crippen molar-refractivity contribution in [2.75, 3.05) is 14.2 Å². The normalized spacial score (nSPS) is 12.0. The molecule has 0 aliphatic heterocycles. The van der Waals surface area contributed by atoms with E-state index in [1.165, 1.54) is 7.11 Å². The zero-order valence-corrected chi connectivity index (χ0v) is 12.9. The number of hydrogen-bond donors (Lipinski definition) is 1. The van der Waals surface area contributed by atoms with Crippen molar-refractivity contribution in [2.24, 2.45) is 0 Å². The van der Waals surface area contributed by atoms with E-state index in [2.05, 4.69) is 9.97 Å². The summed E-state index contributed by atoms with van der Waals surface area (Å²) in [5.74, 6) is 0.0559. The van der Waals surface area contributed by atoms with Crippen molar-refractivity contribution in [1.29, 1.82) is 0 Å². The highest BCUT2D eigenvalue weighted by Crippen LogP contribution is 2.23. The summed E-state index contributed by atoms with van der Waals surface area (Å²) in [6.07, 6.45) is -0.377. The molecule has 5 nitrogen and oxygen atoms in total. The number of esters is 1. The molecule has 1 heterocycles. The molecule has 1 aromatic carbocycles. The van der Waals surface area contributed by atoms with Crippen LogP contribution in [0.15, 0.2) is 30.3 Å². The highest BCUT2D eigenvalue weighted by Gasteiger charge is 2.20. The second-order valence-electron chi connectivity index (χ2n) is 4.45. The SMILES string of the molecule is COC(=O)c1c(C)[nH]c(C(OC)c2ccccc2)nc1=S. The molecule has 0 bridgehead atoms. The molecular formula is C15H16N2O3S. The lowest BCUT2D eigenvalue weighted by molar-refractivity contribution is 0.0597. The molecule has 6 heteroatoms. The average molecular weight is 304 g/mol. The van der Waals surface area contributed by atoms with E-state index in [4.69, 9.17) is 21.7 Å². The summed E-state index contributed by atoms with van der Waals surface area (Å²) in [7, 11) is 2.91. The highest BCUT2D eigenvalue weighted by molar-refractivity contribution is 7.71. The molecule has 0 aliphatic carbocycles. The fourth-order valence-corrected chi connectivity index (χ4v) is 2.44. The van der Waals surface area contributed by atoms with E-state index < -0.39 is 5.97 Å². The molecule has 1 aromatic heterocycles. The second kappa shape index (κ2) is 6.60. The number of aromatic nitrogens is 2. The van der Waals surface area contributed by atoms with E-state index in [0.29, 0.717) is 11.5 Å². The summed E-state index contributed by atoms with van der Waals surface area (Å²) < 4.78 is 10.4. The van der Waals surface area contributed by atoms with Crippen molar-refractivity contribution in [1.82, 2.24) is 9.97 Å². The zero-order chi connectivity index (χ0) is 15.4. The standard InChI is InChI=1S/C15H16N2O3S/c1-9-11(15(18)20-3)14(21)17-13(16-9)12(19-2)10-7-5-4-6-8-10/h4-8,12H,1-3H3,(H,16,17,21). The van der Waals surface area contributed by atoms with Crippen LogP contribution in [0.1, 0.15) is 33.5 Å². The molecule has 1 unspecified atom stereocenters. The van der Waals surface area contributed by atoms with Gasteiger partial charge in [0.15, 0.2) is 0 Å². The van der Waals surface area contributed by atoms with Crippen LogP contribution in [-0.2, 0) is 9.47 Å². The maximum atomic E-state index is 11.7. The Hall–Kier alpha value is -2.05. The molecule has 0 fully saturated rings. The topological polar surface area (TPSA) is 64.2 Å². The van der Waals surface area contributed by atoms with Crippen molar-refractivity contribution in [3.05, 3.63) is 57.6 Å². The molecule has 1 N–H and O–H groups in total. The van der Waals surface area contributed by atoms with Crippen LogP contribution in [0.2, 0.25) is 0 Å². The van der Waals surface area contributed by atoms with Gasteiger partial charge < -0.3 is 14.5 Å². The summed E-state index contributed by atoms with van der Waals surface area (Å²) in [5.41, 5.74) is 1.83. The first kappa shape index (κ1) is 15.3. The van der Waals surface area contributed by atoms with Crippen LogP contribution in [0.3, 0.4) is 0 Å². The predicted octanol–water partition coefficient (Wildman–Crippen LogP) is 2.97. The van der Waals surface area contributed by atoms with Gasteiger partial charge in [0, 0.05) is 12.8 Å². The first-order valence-electron chi connectivity index (χ1n) is 6.35. The van der Waals surface area contributed by atoms with Crippen molar-refractivity contribution >= 4 is 18.2 Å². The molecule has 0 spiro atoms. The number of ether oxygens (including phenoxy) is 2. The number of aromatic amines is 1. The molecule has 1 atom stereocenters. The minimum atomic E-state index is -0.499. The Balaban J connectivity index is 2.50. The van der Waals surface area contributed by atoms with Gasteiger partial charge in [-0.05, 0) is 12.5 Å². The molecule has 2 aromatic rings. The average Bonchev–Trinajstić information content (AvgIpc) is 2.48. The van der Waals surface area contributed by atoms with Gasteiger partial charge in [-0.2, -0.15) is 0 Å². The van der Waals surface area contributed by atoms with E-state index >= 15 is 0 Å². The Morgan fingerprint density at radius 2 is 1.95 bits per heavy atom. The second-order valence-corrected chi connectivity index (χ2v) is 4.83. The lowest BCUT2D eigenvalue weighted by atomic mass is 10.1. The number of hydrogen-bond acceptors (Lipinski definition) is 5. The Morgan fingerprint density at radius 3 is 2.48 bits per heavy atom. The minimum Gasteiger partial charge on any atom is -0.465 e. The third-order valence-corrected chi connectivity index (χ3v) is 3.40. The van der Waals surface area contributed by atoms with Gasteiger partial charge in [-0.25, -0.2) is 9.78 Å². The van der Waals surface area contributed by atoms with Crippen LogP contribution >= 0.6 is 12.2 Å². The molecule has 2 rings (SSSR count). The molecule has 0 saturated heterocycles. The number of rotatable bonds is 4. The van der Waals surface area contributed by atoms with E-state index in [-0.39, 0.29) is 16.3 Å². The maximum Gasteiger partial charge on any atom is 0.342 e. The van der Waals surface area contributed by atoms with Crippen LogP contribution in [-0.4, -0.2) is 30.2 Å². The van der Waals surface area contributed by atoms with Gasteiger partial charge in [0.2, 0.25) is 0 Å². The number of methoxy groups -OCH3 is 2. The van der Waals surface area contributed by atoms with Gasteiger partial charge >= 0.3 is 5.97 Å². The van der Waals surface area contributed by atoms with Gasteiger partial charge in [0.05, 0.1) is 7.11 Å². The van der Waals surface area contributed by atoms with E-state index in [0.717, 1.165) is 5.56 Å².